The molecule has 0 aliphatic carbocycles. The van der Waals surface area contributed by atoms with Gasteiger partial charge in [-0.3, -0.25) is 9.69 Å². The summed E-state index contributed by atoms with van der Waals surface area (Å²) in [5.41, 5.74) is 1.92. The van der Waals surface area contributed by atoms with Gasteiger partial charge in [-0.1, -0.05) is 11.6 Å². The summed E-state index contributed by atoms with van der Waals surface area (Å²) in [7, 11) is 0. The average molecular weight is 406 g/mol. The van der Waals surface area contributed by atoms with Crippen molar-refractivity contribution in [3.05, 3.63) is 44.9 Å². The fraction of sp³-hybridized carbons (Fsp3) is 0.368. The van der Waals surface area contributed by atoms with E-state index in [0.29, 0.717) is 29.6 Å². The lowest BCUT2D eigenvalue weighted by molar-refractivity contribution is -0.127. The Labute approximate surface area is 167 Å². The van der Waals surface area contributed by atoms with E-state index in [0.717, 1.165) is 35.9 Å². The molecule has 1 aromatic carbocycles. The summed E-state index contributed by atoms with van der Waals surface area (Å²) in [6.07, 6.45) is 3.36. The van der Waals surface area contributed by atoms with Gasteiger partial charge in [0.05, 0.1) is 15.7 Å². The molecule has 27 heavy (non-hydrogen) atoms. The van der Waals surface area contributed by atoms with Gasteiger partial charge < -0.3 is 14.4 Å². The molecule has 1 aromatic heterocycles. The van der Waals surface area contributed by atoms with E-state index in [9.17, 15) is 4.79 Å². The molecule has 6 nitrogen and oxygen atoms in total. The number of carbonyl (C=O) groups is 1. The molecule has 0 spiro atoms. The minimum absolute atomic E-state index is 0.00735. The molecule has 2 aliphatic heterocycles. The van der Waals surface area contributed by atoms with Gasteiger partial charge in [0.1, 0.15) is 0 Å². The number of benzene rings is 1. The first-order valence-corrected chi connectivity index (χ1v) is 10.0. The van der Waals surface area contributed by atoms with Crippen molar-refractivity contribution in [3.8, 4) is 11.5 Å². The van der Waals surface area contributed by atoms with Crippen LogP contribution in [0.15, 0.2) is 23.6 Å². The number of hydrogen-bond acceptors (Lipinski definition) is 6. The molecule has 0 atom stereocenters. The van der Waals surface area contributed by atoms with Crippen molar-refractivity contribution in [1.82, 2.24) is 14.8 Å². The van der Waals surface area contributed by atoms with Gasteiger partial charge in [0.25, 0.3) is 0 Å². The zero-order valence-electron chi connectivity index (χ0n) is 15.0. The van der Waals surface area contributed by atoms with Crippen molar-refractivity contribution in [2.75, 3.05) is 33.0 Å². The highest BCUT2D eigenvalue weighted by atomic mass is 35.5. The number of halogens is 1. The number of ether oxygens (including phenoxy) is 2. The largest absolute Gasteiger partial charge is 0.454 e. The molecule has 0 unspecified atom stereocenters. The van der Waals surface area contributed by atoms with Gasteiger partial charge in [-0.05, 0) is 30.7 Å². The Hall–Kier alpha value is -2.09. The Balaban J connectivity index is 1.32. The molecule has 0 bridgehead atoms. The number of rotatable bonds is 4. The summed E-state index contributed by atoms with van der Waals surface area (Å²) in [6.45, 7) is 6.18. The highest BCUT2D eigenvalue weighted by Crippen LogP contribution is 2.40. The molecule has 2 aliphatic rings. The summed E-state index contributed by atoms with van der Waals surface area (Å²) in [4.78, 5) is 21.2. The van der Waals surface area contributed by atoms with Gasteiger partial charge in [-0.2, -0.15) is 0 Å². The SMILES string of the molecule is Cc1nc(CN2CCN(C(=O)/C=C/c3cc(Cl)c4c(c3)OCO4)CC2)cs1. The van der Waals surface area contributed by atoms with Crippen LogP contribution in [0.4, 0.5) is 0 Å². The third-order valence-electron chi connectivity index (χ3n) is 4.60. The summed E-state index contributed by atoms with van der Waals surface area (Å²) in [6, 6.07) is 3.60. The fourth-order valence-corrected chi connectivity index (χ4v) is 4.07. The molecule has 0 radical (unpaired) electrons. The number of nitrogens with zero attached hydrogens (tertiary/aromatic N) is 3. The third kappa shape index (κ3) is 4.26. The second-order valence-electron chi connectivity index (χ2n) is 6.53. The van der Waals surface area contributed by atoms with Crippen LogP contribution in [0.25, 0.3) is 6.08 Å². The summed E-state index contributed by atoms with van der Waals surface area (Å²) in [5.74, 6) is 1.18. The molecule has 4 rings (SSSR count). The van der Waals surface area contributed by atoms with E-state index in [-0.39, 0.29) is 12.7 Å². The fourth-order valence-electron chi connectivity index (χ4n) is 3.19. The molecule has 0 saturated carbocycles. The van der Waals surface area contributed by atoms with Crippen LogP contribution >= 0.6 is 22.9 Å². The number of amides is 1. The Kier molecular flexibility index (Phi) is 5.33. The molecule has 1 amide bonds. The minimum Gasteiger partial charge on any atom is -0.454 e. The predicted molar refractivity (Wildman–Crippen MR) is 105 cm³/mol. The number of fused-ring (bicyclic) bond motifs is 1. The number of piperazine rings is 1. The maximum absolute atomic E-state index is 12.5. The molecule has 2 aromatic rings. The molecule has 1 saturated heterocycles. The van der Waals surface area contributed by atoms with Crippen molar-refractivity contribution < 1.29 is 14.3 Å². The second-order valence-corrected chi connectivity index (χ2v) is 8.00. The molecular weight excluding hydrogens is 386 g/mol. The molecule has 142 valence electrons. The van der Waals surface area contributed by atoms with Gasteiger partial charge >= 0.3 is 0 Å². The molecule has 3 heterocycles. The number of hydrogen-bond donors (Lipinski definition) is 0. The highest BCUT2D eigenvalue weighted by molar-refractivity contribution is 7.09. The van der Waals surface area contributed by atoms with Crippen molar-refractivity contribution >= 4 is 34.9 Å². The monoisotopic (exact) mass is 405 g/mol. The molecule has 8 heteroatoms. The summed E-state index contributed by atoms with van der Waals surface area (Å²) < 4.78 is 10.7. The smallest absolute Gasteiger partial charge is 0.246 e. The Morgan fingerprint density at radius 3 is 2.85 bits per heavy atom. The topological polar surface area (TPSA) is 54.9 Å². The highest BCUT2D eigenvalue weighted by Gasteiger charge is 2.21. The number of aryl methyl sites for hydroxylation is 1. The van der Waals surface area contributed by atoms with Gasteiger partial charge in [0.2, 0.25) is 12.7 Å². The van der Waals surface area contributed by atoms with Crippen LogP contribution in [0.1, 0.15) is 16.3 Å². The van der Waals surface area contributed by atoms with E-state index in [1.807, 2.05) is 17.9 Å². The maximum atomic E-state index is 12.5. The van der Waals surface area contributed by atoms with Gasteiger partial charge in [0.15, 0.2) is 11.5 Å². The van der Waals surface area contributed by atoms with E-state index in [1.54, 1.807) is 29.6 Å². The van der Waals surface area contributed by atoms with Crippen LogP contribution in [0.5, 0.6) is 11.5 Å². The van der Waals surface area contributed by atoms with Crippen LogP contribution in [0.3, 0.4) is 0 Å². The quantitative estimate of drug-likeness (QED) is 0.731. The standard InChI is InChI=1S/C19H20ClN3O3S/c1-13-21-15(11-27-13)10-22-4-6-23(7-5-22)18(24)3-2-14-8-16(20)19-17(9-14)25-12-26-19/h2-3,8-9,11H,4-7,10,12H2,1H3/b3-2+. The van der Waals surface area contributed by atoms with Crippen molar-refractivity contribution in [2.45, 2.75) is 13.5 Å². The first-order valence-electron chi connectivity index (χ1n) is 8.78. The first kappa shape index (κ1) is 18.3. The summed E-state index contributed by atoms with van der Waals surface area (Å²) in [5, 5.41) is 3.68. The second kappa shape index (κ2) is 7.88. The lowest BCUT2D eigenvalue weighted by atomic mass is 10.2. The summed E-state index contributed by atoms with van der Waals surface area (Å²) >= 11 is 7.85. The maximum Gasteiger partial charge on any atom is 0.246 e. The average Bonchev–Trinajstić information content (AvgIpc) is 3.29. The van der Waals surface area contributed by atoms with Crippen molar-refractivity contribution in [3.63, 3.8) is 0 Å². The van der Waals surface area contributed by atoms with E-state index in [1.165, 1.54) is 0 Å². The zero-order valence-corrected chi connectivity index (χ0v) is 16.6. The van der Waals surface area contributed by atoms with E-state index in [4.69, 9.17) is 21.1 Å². The van der Waals surface area contributed by atoms with Crippen LogP contribution < -0.4 is 9.47 Å². The van der Waals surface area contributed by atoms with Gasteiger partial charge in [0, 0.05) is 44.2 Å². The number of thiazole rings is 1. The Morgan fingerprint density at radius 1 is 1.30 bits per heavy atom. The van der Waals surface area contributed by atoms with Crippen LogP contribution in [-0.4, -0.2) is 53.7 Å². The van der Waals surface area contributed by atoms with E-state index < -0.39 is 0 Å². The number of aromatic nitrogens is 1. The molecule has 1 fully saturated rings. The predicted octanol–water partition coefficient (Wildman–Crippen LogP) is 3.19. The Morgan fingerprint density at radius 2 is 2.11 bits per heavy atom. The van der Waals surface area contributed by atoms with E-state index >= 15 is 0 Å². The van der Waals surface area contributed by atoms with Gasteiger partial charge in [-0.25, -0.2) is 4.98 Å². The van der Waals surface area contributed by atoms with Crippen LogP contribution in [-0.2, 0) is 11.3 Å². The molecule has 0 N–H and O–H groups in total. The minimum atomic E-state index is 0.00735. The normalized spacial score (nSPS) is 17.0. The number of carbonyl (C=O) groups excluding carboxylic acids is 1. The molecular formula is C19H20ClN3O3S. The first-order chi connectivity index (χ1) is 13.1. The van der Waals surface area contributed by atoms with Crippen molar-refractivity contribution in [2.24, 2.45) is 0 Å². The van der Waals surface area contributed by atoms with Crippen LogP contribution in [0, 0.1) is 6.92 Å². The Bertz CT molecular complexity index is 875. The third-order valence-corrected chi connectivity index (χ3v) is 5.71. The lowest BCUT2D eigenvalue weighted by Gasteiger charge is -2.33. The van der Waals surface area contributed by atoms with Crippen molar-refractivity contribution in [1.29, 1.82) is 0 Å². The lowest BCUT2D eigenvalue weighted by Crippen LogP contribution is -2.47. The zero-order chi connectivity index (χ0) is 18.8. The van der Waals surface area contributed by atoms with Gasteiger partial charge in [-0.15, -0.1) is 11.3 Å². The van der Waals surface area contributed by atoms with E-state index in [2.05, 4.69) is 15.3 Å². The van der Waals surface area contributed by atoms with Crippen LogP contribution in [0.2, 0.25) is 5.02 Å².